The molecule has 0 saturated carbocycles. The highest BCUT2D eigenvalue weighted by Crippen LogP contribution is 2.24. The number of hydrogen-bond donors (Lipinski definition) is 2. The molecular formula is C15H22N4O3S2. The third kappa shape index (κ3) is 4.28. The molecule has 2 aromatic rings. The number of carbonyl (C=O) groups is 1. The highest BCUT2D eigenvalue weighted by molar-refractivity contribution is 7.99. The molecule has 132 valence electrons. The summed E-state index contributed by atoms with van der Waals surface area (Å²) >= 11 is 1.30. The summed E-state index contributed by atoms with van der Waals surface area (Å²) in [4.78, 5) is 16.5. The summed E-state index contributed by atoms with van der Waals surface area (Å²) in [6, 6.07) is 4.55. The minimum atomic E-state index is -3.77. The highest BCUT2D eigenvalue weighted by Gasteiger charge is 2.19. The topological polar surface area (TPSA) is 107 Å². The molecule has 24 heavy (non-hydrogen) atoms. The molecule has 7 nitrogen and oxygen atoms in total. The van der Waals surface area contributed by atoms with Crippen molar-refractivity contribution in [2.75, 3.05) is 5.75 Å². The summed E-state index contributed by atoms with van der Waals surface area (Å²) in [6.45, 7) is 5.96. The zero-order valence-electron chi connectivity index (χ0n) is 14.2. The molecule has 0 aliphatic rings. The van der Waals surface area contributed by atoms with E-state index in [9.17, 15) is 13.2 Å². The lowest BCUT2D eigenvalue weighted by molar-refractivity contribution is -0.120. The minimum absolute atomic E-state index is 0.0205. The molecule has 2 rings (SSSR count). The summed E-state index contributed by atoms with van der Waals surface area (Å²) in [7, 11) is -1.95. The Kier molecular flexibility index (Phi) is 5.26. The van der Waals surface area contributed by atoms with Crippen molar-refractivity contribution >= 4 is 38.7 Å². The first-order valence-electron chi connectivity index (χ1n) is 7.46. The molecule has 1 aromatic carbocycles. The maximum Gasteiger partial charge on any atom is 0.238 e. The molecule has 9 heteroatoms. The van der Waals surface area contributed by atoms with E-state index in [4.69, 9.17) is 5.14 Å². The van der Waals surface area contributed by atoms with Crippen molar-refractivity contribution in [1.29, 1.82) is 0 Å². The normalized spacial score (nSPS) is 12.5. The van der Waals surface area contributed by atoms with E-state index in [1.807, 2.05) is 32.4 Å². The molecule has 1 amide bonds. The smallest absolute Gasteiger partial charge is 0.238 e. The number of nitrogens with two attached hydrogens (primary N) is 1. The zero-order chi connectivity index (χ0) is 18.1. The van der Waals surface area contributed by atoms with Crippen molar-refractivity contribution < 1.29 is 13.2 Å². The van der Waals surface area contributed by atoms with Crippen molar-refractivity contribution in [2.45, 2.75) is 42.8 Å². The molecule has 0 fully saturated rings. The Bertz CT molecular complexity index is 872. The van der Waals surface area contributed by atoms with Crippen molar-refractivity contribution in [3.05, 3.63) is 18.2 Å². The molecular weight excluding hydrogens is 348 g/mol. The molecule has 3 N–H and O–H groups in total. The standard InChI is InChI=1S/C15H22N4O3S2/c1-5-15(2,3)18-13(20)9-23-14-17-11-8-10(24(16,21)22)6-7-12(11)19(14)4/h6-8H,5,9H2,1-4H3,(H,18,20)(H2,16,21,22). The summed E-state index contributed by atoms with van der Waals surface area (Å²) in [5, 5.41) is 8.75. The molecule has 0 aliphatic heterocycles. The van der Waals surface area contributed by atoms with Gasteiger partial charge < -0.3 is 9.88 Å². The van der Waals surface area contributed by atoms with E-state index in [2.05, 4.69) is 10.3 Å². The van der Waals surface area contributed by atoms with Crippen molar-refractivity contribution in [3.8, 4) is 0 Å². The van der Waals surface area contributed by atoms with E-state index in [1.165, 1.54) is 23.9 Å². The van der Waals surface area contributed by atoms with E-state index in [0.29, 0.717) is 10.7 Å². The molecule has 0 saturated heterocycles. The van der Waals surface area contributed by atoms with Gasteiger partial charge in [-0.15, -0.1) is 0 Å². The van der Waals surface area contributed by atoms with Crippen LogP contribution in [0.1, 0.15) is 27.2 Å². The number of sulfonamides is 1. The summed E-state index contributed by atoms with van der Waals surface area (Å²) in [5.74, 6) is 0.173. The summed E-state index contributed by atoms with van der Waals surface area (Å²) in [5.41, 5.74) is 1.06. The van der Waals surface area contributed by atoms with Crippen LogP contribution in [0.3, 0.4) is 0 Å². The number of imidazole rings is 1. The predicted molar refractivity (Wildman–Crippen MR) is 95.3 cm³/mol. The van der Waals surface area contributed by atoms with E-state index in [-0.39, 0.29) is 22.1 Å². The van der Waals surface area contributed by atoms with Gasteiger partial charge in [0, 0.05) is 12.6 Å². The minimum Gasteiger partial charge on any atom is -0.351 e. The van der Waals surface area contributed by atoms with Crippen molar-refractivity contribution in [3.63, 3.8) is 0 Å². The molecule has 0 unspecified atom stereocenters. The largest absolute Gasteiger partial charge is 0.351 e. The number of hydrogen-bond acceptors (Lipinski definition) is 5. The van der Waals surface area contributed by atoms with E-state index < -0.39 is 10.0 Å². The maximum atomic E-state index is 12.0. The number of fused-ring (bicyclic) bond motifs is 1. The lowest BCUT2D eigenvalue weighted by atomic mass is 10.0. The number of benzene rings is 1. The van der Waals surface area contributed by atoms with Gasteiger partial charge in [0.2, 0.25) is 15.9 Å². The average Bonchev–Trinajstić information content (AvgIpc) is 2.80. The van der Waals surface area contributed by atoms with Crippen LogP contribution in [0.15, 0.2) is 28.3 Å². The second-order valence-electron chi connectivity index (χ2n) is 6.22. The van der Waals surface area contributed by atoms with E-state index in [1.54, 1.807) is 6.07 Å². The first-order chi connectivity index (χ1) is 11.0. The van der Waals surface area contributed by atoms with Gasteiger partial charge in [0.05, 0.1) is 21.7 Å². The number of nitrogens with zero attached hydrogens (tertiary/aromatic N) is 2. The number of carbonyl (C=O) groups excluding carboxylic acids is 1. The average molecular weight is 371 g/mol. The monoisotopic (exact) mass is 370 g/mol. The van der Waals surface area contributed by atoms with Gasteiger partial charge in [0.25, 0.3) is 0 Å². The van der Waals surface area contributed by atoms with Crippen LogP contribution >= 0.6 is 11.8 Å². The van der Waals surface area contributed by atoms with Crippen LogP contribution in [0.25, 0.3) is 11.0 Å². The first kappa shape index (κ1) is 18.8. The molecule has 0 aliphatic carbocycles. The number of thioether (sulfide) groups is 1. The van der Waals surface area contributed by atoms with Gasteiger partial charge in [0.1, 0.15) is 0 Å². The van der Waals surface area contributed by atoms with Gasteiger partial charge in [-0.25, -0.2) is 18.5 Å². The molecule has 1 heterocycles. The van der Waals surface area contributed by atoms with Crippen molar-refractivity contribution in [1.82, 2.24) is 14.9 Å². The van der Waals surface area contributed by atoms with Crippen LogP contribution in [0.4, 0.5) is 0 Å². The fraction of sp³-hybridized carbons (Fsp3) is 0.467. The maximum absolute atomic E-state index is 12.0. The number of nitrogens with one attached hydrogen (secondary N) is 1. The Morgan fingerprint density at radius 1 is 1.42 bits per heavy atom. The molecule has 0 atom stereocenters. The van der Waals surface area contributed by atoms with Crippen LogP contribution in [-0.2, 0) is 21.9 Å². The van der Waals surface area contributed by atoms with E-state index in [0.717, 1.165) is 11.9 Å². The van der Waals surface area contributed by atoms with Crippen LogP contribution in [0, 0.1) is 0 Å². The van der Waals surface area contributed by atoms with Gasteiger partial charge in [0.15, 0.2) is 5.16 Å². The predicted octanol–water partition coefficient (Wildman–Crippen LogP) is 1.62. The van der Waals surface area contributed by atoms with Gasteiger partial charge in [-0.2, -0.15) is 0 Å². The van der Waals surface area contributed by atoms with Gasteiger partial charge in [-0.3, -0.25) is 4.79 Å². The Morgan fingerprint density at radius 3 is 2.67 bits per heavy atom. The molecule has 0 spiro atoms. The third-order valence-electron chi connectivity index (χ3n) is 3.83. The quantitative estimate of drug-likeness (QED) is 0.751. The first-order valence-corrected chi connectivity index (χ1v) is 10.00. The fourth-order valence-corrected chi connectivity index (χ4v) is 3.42. The number of aryl methyl sites for hydroxylation is 1. The van der Waals surface area contributed by atoms with E-state index >= 15 is 0 Å². The molecule has 0 bridgehead atoms. The molecule has 1 aromatic heterocycles. The SMILES string of the molecule is CCC(C)(C)NC(=O)CSc1nc2cc(S(N)(=O)=O)ccc2n1C. The second-order valence-corrected chi connectivity index (χ2v) is 8.73. The van der Waals surface area contributed by atoms with Crippen LogP contribution in [0.2, 0.25) is 0 Å². The number of amides is 1. The summed E-state index contributed by atoms with van der Waals surface area (Å²) < 4.78 is 24.7. The van der Waals surface area contributed by atoms with Crippen LogP contribution in [0.5, 0.6) is 0 Å². The lowest BCUT2D eigenvalue weighted by Crippen LogP contribution is -2.43. The Balaban J connectivity index is 2.18. The second kappa shape index (κ2) is 6.73. The van der Waals surface area contributed by atoms with Crippen LogP contribution < -0.4 is 10.5 Å². The molecule has 0 radical (unpaired) electrons. The number of aromatic nitrogens is 2. The Hall–Kier alpha value is -1.58. The Morgan fingerprint density at radius 2 is 2.08 bits per heavy atom. The summed E-state index contributed by atoms with van der Waals surface area (Å²) in [6.07, 6.45) is 0.839. The fourth-order valence-electron chi connectivity index (χ4n) is 2.10. The Labute approximate surface area is 146 Å². The lowest BCUT2D eigenvalue weighted by Gasteiger charge is -2.24. The van der Waals surface area contributed by atoms with Crippen molar-refractivity contribution in [2.24, 2.45) is 12.2 Å². The zero-order valence-corrected chi connectivity index (χ0v) is 15.8. The van der Waals surface area contributed by atoms with Crippen LogP contribution in [-0.4, -0.2) is 35.2 Å². The third-order valence-corrected chi connectivity index (χ3v) is 5.77. The van der Waals surface area contributed by atoms with Gasteiger partial charge in [-0.05, 0) is 38.5 Å². The number of primary sulfonamides is 1. The van der Waals surface area contributed by atoms with Gasteiger partial charge >= 0.3 is 0 Å². The number of rotatable bonds is 6. The highest BCUT2D eigenvalue weighted by atomic mass is 32.2. The van der Waals surface area contributed by atoms with Gasteiger partial charge in [-0.1, -0.05) is 18.7 Å².